The normalized spacial score (nSPS) is 12.8. The van der Waals surface area contributed by atoms with E-state index in [4.69, 9.17) is 0 Å². The highest BCUT2D eigenvalue weighted by atomic mass is 16.4. The number of benzene rings is 1. The molecule has 1 N–H and O–H groups in total. The van der Waals surface area contributed by atoms with E-state index in [0.29, 0.717) is 0 Å². The van der Waals surface area contributed by atoms with Crippen LogP contribution in [0.25, 0.3) is 0 Å². The molecular weight excluding hydrogens is 242 g/mol. The highest BCUT2D eigenvalue weighted by Crippen LogP contribution is 2.23. The van der Waals surface area contributed by atoms with Gasteiger partial charge in [0.15, 0.2) is 0 Å². The minimum atomic E-state index is -1.14. The van der Waals surface area contributed by atoms with E-state index in [2.05, 4.69) is 5.32 Å². The smallest absolute Gasteiger partial charge is 0.221 e. The highest BCUT2D eigenvalue weighted by molar-refractivity contribution is 5.78. The van der Waals surface area contributed by atoms with Crippen molar-refractivity contribution in [3.05, 3.63) is 35.9 Å². The second-order valence-electron chi connectivity index (χ2n) is 5.69. The van der Waals surface area contributed by atoms with Gasteiger partial charge in [-0.3, -0.25) is 4.79 Å². The minimum absolute atomic E-state index is 0.148. The molecule has 104 valence electrons. The lowest BCUT2D eigenvalue weighted by Gasteiger charge is -2.23. The first-order valence-electron chi connectivity index (χ1n) is 6.34. The molecule has 0 heterocycles. The van der Waals surface area contributed by atoms with Crippen LogP contribution in [0.2, 0.25) is 0 Å². The molecule has 1 amide bonds. The Balaban J connectivity index is 2.76. The van der Waals surface area contributed by atoms with Gasteiger partial charge >= 0.3 is 0 Å². The number of amides is 1. The van der Waals surface area contributed by atoms with E-state index in [0.717, 1.165) is 5.56 Å². The Bertz CT molecular complexity index is 434. The number of aliphatic carboxylic acids is 1. The molecule has 1 aromatic carbocycles. The van der Waals surface area contributed by atoms with Crippen LogP contribution in [0.5, 0.6) is 0 Å². The van der Waals surface area contributed by atoms with Gasteiger partial charge in [0.05, 0.1) is 0 Å². The molecule has 4 heteroatoms. The number of carbonyl (C=O) groups is 2. The first-order valence-corrected chi connectivity index (χ1v) is 6.34. The molecule has 4 nitrogen and oxygen atoms in total. The van der Waals surface area contributed by atoms with E-state index in [1.165, 1.54) is 0 Å². The standard InChI is InChI=1S/C15H21NO3/c1-15(2,3)16-13(17)9-12(10-14(18)19)11-7-5-4-6-8-11/h4-8,12H,9-10H2,1-3H3,(H,16,17)(H,18,19)/p-1. The van der Waals surface area contributed by atoms with Crippen LogP contribution in [0.1, 0.15) is 45.1 Å². The van der Waals surface area contributed by atoms with E-state index >= 15 is 0 Å². The van der Waals surface area contributed by atoms with Crippen molar-refractivity contribution in [1.82, 2.24) is 5.32 Å². The molecule has 1 rings (SSSR count). The Kier molecular flexibility index (Phi) is 5.10. The highest BCUT2D eigenvalue weighted by Gasteiger charge is 2.19. The molecule has 0 bridgehead atoms. The van der Waals surface area contributed by atoms with Gasteiger partial charge in [0.2, 0.25) is 5.91 Å². The molecular formula is C15H20NO3-. The van der Waals surface area contributed by atoms with Gasteiger partial charge in [-0.15, -0.1) is 0 Å². The third kappa shape index (κ3) is 6.04. The fraction of sp³-hybridized carbons (Fsp3) is 0.467. The Morgan fingerprint density at radius 2 is 1.74 bits per heavy atom. The first kappa shape index (κ1) is 15.2. The van der Waals surface area contributed by atoms with Crippen molar-refractivity contribution in [3.8, 4) is 0 Å². The van der Waals surface area contributed by atoms with Crippen LogP contribution in [0.4, 0.5) is 0 Å². The maximum Gasteiger partial charge on any atom is 0.221 e. The summed E-state index contributed by atoms with van der Waals surface area (Å²) in [4.78, 5) is 22.7. The fourth-order valence-corrected chi connectivity index (χ4v) is 1.93. The lowest BCUT2D eigenvalue weighted by Crippen LogP contribution is -2.41. The average molecular weight is 262 g/mol. The quantitative estimate of drug-likeness (QED) is 0.867. The maximum absolute atomic E-state index is 11.9. The lowest BCUT2D eigenvalue weighted by molar-refractivity contribution is -0.306. The molecule has 0 radical (unpaired) electrons. The zero-order valence-electron chi connectivity index (χ0n) is 11.6. The van der Waals surface area contributed by atoms with Crippen molar-refractivity contribution < 1.29 is 14.7 Å². The number of hydrogen-bond donors (Lipinski definition) is 1. The summed E-state index contributed by atoms with van der Waals surface area (Å²) in [6, 6.07) is 9.18. The first-order chi connectivity index (χ1) is 8.78. The SMILES string of the molecule is CC(C)(C)NC(=O)CC(CC(=O)[O-])c1ccccc1. The average Bonchev–Trinajstić information content (AvgIpc) is 2.26. The molecule has 0 saturated carbocycles. The number of carboxylic acid groups (broad SMARTS) is 1. The van der Waals surface area contributed by atoms with Gasteiger partial charge in [-0.05, 0) is 38.7 Å². The van der Waals surface area contributed by atoms with Gasteiger partial charge in [0, 0.05) is 17.9 Å². The molecule has 0 aliphatic rings. The Morgan fingerprint density at radius 1 is 1.16 bits per heavy atom. The largest absolute Gasteiger partial charge is 0.550 e. The summed E-state index contributed by atoms with van der Waals surface area (Å²) in [5.41, 5.74) is 0.524. The van der Waals surface area contributed by atoms with Gasteiger partial charge in [-0.25, -0.2) is 0 Å². The van der Waals surface area contributed by atoms with Gasteiger partial charge in [0.25, 0.3) is 0 Å². The molecule has 1 aromatic rings. The summed E-state index contributed by atoms with van der Waals surface area (Å²) >= 11 is 0. The van der Waals surface area contributed by atoms with Crippen LogP contribution >= 0.6 is 0 Å². The zero-order valence-corrected chi connectivity index (χ0v) is 11.6. The fourth-order valence-electron chi connectivity index (χ4n) is 1.93. The molecule has 0 aromatic heterocycles. The minimum Gasteiger partial charge on any atom is -0.550 e. The topological polar surface area (TPSA) is 69.2 Å². The van der Waals surface area contributed by atoms with E-state index in [1.807, 2.05) is 51.1 Å². The van der Waals surface area contributed by atoms with Crippen LogP contribution < -0.4 is 10.4 Å². The van der Waals surface area contributed by atoms with Crippen molar-refractivity contribution in [2.24, 2.45) is 0 Å². The summed E-state index contributed by atoms with van der Waals surface area (Å²) < 4.78 is 0. The summed E-state index contributed by atoms with van der Waals surface area (Å²) in [6.07, 6.45) is -0.00314. The summed E-state index contributed by atoms with van der Waals surface area (Å²) in [7, 11) is 0. The van der Waals surface area contributed by atoms with Crippen molar-refractivity contribution in [3.63, 3.8) is 0 Å². The molecule has 0 aliphatic carbocycles. The molecule has 1 unspecified atom stereocenters. The molecule has 19 heavy (non-hydrogen) atoms. The second kappa shape index (κ2) is 6.36. The number of nitrogens with one attached hydrogen (secondary N) is 1. The van der Waals surface area contributed by atoms with Crippen molar-refractivity contribution in [2.75, 3.05) is 0 Å². The van der Waals surface area contributed by atoms with Crippen LogP contribution in [-0.2, 0) is 9.59 Å². The Morgan fingerprint density at radius 3 is 2.21 bits per heavy atom. The Labute approximate surface area is 113 Å². The van der Waals surface area contributed by atoms with Crippen LogP contribution in [-0.4, -0.2) is 17.4 Å². The molecule has 0 fully saturated rings. The third-order valence-electron chi connectivity index (χ3n) is 2.63. The second-order valence-corrected chi connectivity index (χ2v) is 5.69. The van der Waals surface area contributed by atoms with E-state index < -0.39 is 5.97 Å². The van der Waals surface area contributed by atoms with E-state index in [9.17, 15) is 14.7 Å². The summed E-state index contributed by atoms with van der Waals surface area (Å²) in [6.45, 7) is 5.67. The number of hydrogen-bond acceptors (Lipinski definition) is 3. The predicted octanol–water partition coefficient (Wildman–Crippen LogP) is 1.21. The van der Waals surface area contributed by atoms with Crippen LogP contribution in [0.15, 0.2) is 30.3 Å². The molecule has 0 aliphatic heterocycles. The number of rotatable bonds is 5. The van der Waals surface area contributed by atoms with Crippen molar-refractivity contribution >= 4 is 11.9 Å². The predicted molar refractivity (Wildman–Crippen MR) is 71.3 cm³/mol. The van der Waals surface area contributed by atoms with E-state index in [1.54, 1.807) is 0 Å². The van der Waals surface area contributed by atoms with Crippen LogP contribution in [0, 0.1) is 0 Å². The molecule has 0 saturated heterocycles. The third-order valence-corrected chi connectivity index (χ3v) is 2.63. The molecule has 1 atom stereocenters. The van der Waals surface area contributed by atoms with Gasteiger partial charge in [-0.1, -0.05) is 30.3 Å². The van der Waals surface area contributed by atoms with Gasteiger partial charge in [-0.2, -0.15) is 0 Å². The summed E-state index contributed by atoms with van der Waals surface area (Å²) in [5.74, 6) is -1.64. The van der Waals surface area contributed by atoms with Crippen molar-refractivity contribution in [2.45, 2.75) is 45.1 Å². The number of carboxylic acids is 1. The summed E-state index contributed by atoms with van der Waals surface area (Å²) in [5, 5.41) is 13.6. The van der Waals surface area contributed by atoms with E-state index in [-0.39, 0.29) is 30.2 Å². The van der Waals surface area contributed by atoms with Gasteiger partial charge < -0.3 is 15.2 Å². The Hall–Kier alpha value is -1.84. The van der Waals surface area contributed by atoms with Crippen molar-refractivity contribution in [1.29, 1.82) is 0 Å². The van der Waals surface area contributed by atoms with Crippen LogP contribution in [0.3, 0.4) is 0 Å². The molecule has 0 spiro atoms. The maximum atomic E-state index is 11.9. The lowest BCUT2D eigenvalue weighted by atomic mass is 9.92. The van der Waals surface area contributed by atoms with Gasteiger partial charge in [0.1, 0.15) is 0 Å². The number of carbonyl (C=O) groups excluding carboxylic acids is 2. The zero-order chi connectivity index (χ0) is 14.5. The monoisotopic (exact) mass is 262 g/mol.